The molecule has 2 aromatic rings. The molecule has 0 atom stereocenters. The number of thiophene rings is 1. The molecule has 1 saturated carbocycles. The maximum Gasteiger partial charge on any atom is 0.261 e. The van der Waals surface area contributed by atoms with Crippen molar-refractivity contribution in [2.75, 3.05) is 0 Å². The lowest BCUT2D eigenvalue weighted by Crippen LogP contribution is -2.31. The van der Waals surface area contributed by atoms with Crippen LogP contribution >= 0.6 is 22.9 Å². The highest BCUT2D eigenvalue weighted by Gasteiger charge is 2.19. The molecule has 23 heavy (non-hydrogen) atoms. The van der Waals surface area contributed by atoms with Crippen molar-refractivity contribution >= 4 is 28.8 Å². The lowest BCUT2D eigenvalue weighted by atomic mass is 10.2. The average molecular weight is 350 g/mol. The Morgan fingerprint density at radius 2 is 2.13 bits per heavy atom. The fourth-order valence-corrected chi connectivity index (χ4v) is 3.75. The summed E-state index contributed by atoms with van der Waals surface area (Å²) in [4.78, 5) is 13.0. The van der Waals surface area contributed by atoms with E-state index in [9.17, 15) is 4.79 Å². The van der Waals surface area contributed by atoms with Gasteiger partial charge in [0, 0.05) is 11.6 Å². The molecular formula is C18H20ClNO2S. The fourth-order valence-electron chi connectivity index (χ4n) is 2.78. The number of nitrogens with one attached hydrogen (secondary N) is 1. The van der Waals surface area contributed by atoms with Crippen LogP contribution in [-0.4, -0.2) is 11.9 Å². The molecule has 3 rings (SSSR count). The normalized spacial score (nSPS) is 14.9. The van der Waals surface area contributed by atoms with Gasteiger partial charge >= 0.3 is 0 Å². The first-order chi connectivity index (χ1) is 11.1. The highest BCUT2D eigenvalue weighted by atomic mass is 35.5. The fraction of sp³-hybridized carbons (Fsp3) is 0.389. The predicted octanol–water partition coefficient (Wildman–Crippen LogP) is 4.96. The second kappa shape index (κ2) is 7.37. The van der Waals surface area contributed by atoms with E-state index < -0.39 is 0 Å². The van der Waals surface area contributed by atoms with Gasteiger partial charge in [0.2, 0.25) is 0 Å². The van der Waals surface area contributed by atoms with Crippen LogP contribution in [0.4, 0.5) is 0 Å². The summed E-state index contributed by atoms with van der Waals surface area (Å²) in [6.45, 7) is 2.41. The molecule has 1 aromatic carbocycles. The minimum absolute atomic E-state index is 0.0294. The van der Waals surface area contributed by atoms with Gasteiger partial charge in [0.1, 0.15) is 12.4 Å². The van der Waals surface area contributed by atoms with Gasteiger partial charge < -0.3 is 10.1 Å². The monoisotopic (exact) mass is 349 g/mol. The first-order valence-corrected chi connectivity index (χ1v) is 9.15. The van der Waals surface area contributed by atoms with Crippen molar-refractivity contribution in [1.29, 1.82) is 0 Å². The van der Waals surface area contributed by atoms with Gasteiger partial charge in [0.25, 0.3) is 5.91 Å². The molecule has 1 aromatic heterocycles. The predicted molar refractivity (Wildman–Crippen MR) is 94.6 cm³/mol. The lowest BCUT2D eigenvalue weighted by Gasteiger charge is -2.10. The molecule has 0 spiro atoms. The molecule has 5 heteroatoms. The molecule has 0 bridgehead atoms. The van der Waals surface area contributed by atoms with Gasteiger partial charge in [-0.05, 0) is 48.9 Å². The Labute approximate surface area is 145 Å². The molecule has 3 nitrogen and oxygen atoms in total. The summed E-state index contributed by atoms with van der Waals surface area (Å²) >= 11 is 7.59. The second-order valence-electron chi connectivity index (χ2n) is 6.00. The number of hydrogen-bond acceptors (Lipinski definition) is 3. The molecule has 1 heterocycles. The number of carbonyl (C=O) groups excluding carboxylic acids is 1. The Balaban J connectivity index is 1.58. The highest BCUT2D eigenvalue weighted by Crippen LogP contribution is 2.27. The van der Waals surface area contributed by atoms with Crippen LogP contribution in [0, 0.1) is 6.92 Å². The number of benzene rings is 1. The summed E-state index contributed by atoms with van der Waals surface area (Å²) in [5.74, 6) is 0.705. The van der Waals surface area contributed by atoms with Crippen LogP contribution in [0.5, 0.6) is 5.75 Å². The lowest BCUT2D eigenvalue weighted by molar-refractivity contribution is 0.0942. The maximum absolute atomic E-state index is 12.2. The second-order valence-corrected chi connectivity index (χ2v) is 7.32. The van der Waals surface area contributed by atoms with Crippen LogP contribution in [-0.2, 0) is 6.61 Å². The van der Waals surface area contributed by atoms with Crippen molar-refractivity contribution in [1.82, 2.24) is 5.32 Å². The summed E-state index contributed by atoms with van der Waals surface area (Å²) < 4.78 is 5.77. The highest BCUT2D eigenvalue weighted by molar-refractivity contribution is 7.12. The van der Waals surface area contributed by atoms with E-state index in [0.29, 0.717) is 23.4 Å². The first kappa shape index (κ1) is 16.3. The summed E-state index contributed by atoms with van der Waals surface area (Å²) in [6.07, 6.45) is 4.62. The van der Waals surface area contributed by atoms with Gasteiger partial charge in [-0.15, -0.1) is 11.3 Å². The minimum atomic E-state index is 0.0294. The van der Waals surface area contributed by atoms with Crippen molar-refractivity contribution in [2.45, 2.75) is 45.3 Å². The number of halogens is 1. The molecule has 1 fully saturated rings. The smallest absolute Gasteiger partial charge is 0.261 e. The van der Waals surface area contributed by atoms with E-state index in [0.717, 1.165) is 28.8 Å². The van der Waals surface area contributed by atoms with Crippen molar-refractivity contribution in [3.05, 3.63) is 50.7 Å². The SMILES string of the molecule is Cc1ccc(Cl)c(OCc2csc(C(=O)NC3CCCC3)c2)c1. The summed E-state index contributed by atoms with van der Waals surface area (Å²) in [5, 5.41) is 5.68. The zero-order valence-electron chi connectivity index (χ0n) is 13.1. The molecule has 1 N–H and O–H groups in total. The minimum Gasteiger partial charge on any atom is -0.487 e. The van der Waals surface area contributed by atoms with Gasteiger partial charge in [-0.3, -0.25) is 4.79 Å². The van der Waals surface area contributed by atoms with Crippen molar-refractivity contribution < 1.29 is 9.53 Å². The summed E-state index contributed by atoms with van der Waals surface area (Å²) in [7, 11) is 0. The van der Waals surface area contributed by atoms with E-state index in [1.54, 1.807) is 0 Å². The number of hydrogen-bond donors (Lipinski definition) is 1. The Kier molecular flexibility index (Phi) is 5.23. The standard InChI is InChI=1S/C18H20ClNO2S/c1-12-6-7-15(19)16(8-12)22-10-13-9-17(23-11-13)18(21)20-14-4-2-3-5-14/h6-9,11,14H,2-5,10H2,1H3,(H,20,21). The van der Waals surface area contributed by atoms with Gasteiger partial charge in [-0.1, -0.05) is 30.5 Å². The number of rotatable bonds is 5. The van der Waals surface area contributed by atoms with Crippen LogP contribution in [0.25, 0.3) is 0 Å². The topological polar surface area (TPSA) is 38.3 Å². The first-order valence-electron chi connectivity index (χ1n) is 7.89. The van der Waals surface area contributed by atoms with Crippen LogP contribution in [0.1, 0.15) is 46.5 Å². The third-order valence-corrected chi connectivity index (χ3v) is 5.34. The van der Waals surface area contributed by atoms with Crippen LogP contribution in [0.2, 0.25) is 5.02 Å². The van der Waals surface area contributed by atoms with E-state index in [-0.39, 0.29) is 5.91 Å². The van der Waals surface area contributed by atoms with Crippen LogP contribution in [0.3, 0.4) is 0 Å². The molecule has 0 aliphatic heterocycles. The molecule has 1 aliphatic rings. The van der Waals surface area contributed by atoms with E-state index in [4.69, 9.17) is 16.3 Å². The van der Waals surface area contributed by atoms with Crippen molar-refractivity contribution in [3.63, 3.8) is 0 Å². The van der Waals surface area contributed by atoms with Gasteiger partial charge in [0.05, 0.1) is 9.90 Å². The van der Waals surface area contributed by atoms with E-state index in [1.807, 2.05) is 36.6 Å². The van der Waals surface area contributed by atoms with Gasteiger partial charge in [0.15, 0.2) is 0 Å². The van der Waals surface area contributed by atoms with Crippen LogP contribution < -0.4 is 10.1 Å². The molecule has 122 valence electrons. The Hall–Kier alpha value is -1.52. The molecule has 0 saturated heterocycles. The van der Waals surface area contributed by atoms with Gasteiger partial charge in [-0.25, -0.2) is 0 Å². The molecular weight excluding hydrogens is 330 g/mol. The summed E-state index contributed by atoms with van der Waals surface area (Å²) in [5.41, 5.74) is 2.09. The third-order valence-electron chi connectivity index (χ3n) is 4.05. The molecule has 1 amide bonds. The Morgan fingerprint density at radius 1 is 1.35 bits per heavy atom. The summed E-state index contributed by atoms with van der Waals surface area (Å²) in [6, 6.07) is 7.95. The molecule has 0 unspecified atom stereocenters. The number of carbonyl (C=O) groups is 1. The third kappa shape index (κ3) is 4.27. The number of ether oxygens (including phenoxy) is 1. The Morgan fingerprint density at radius 3 is 2.91 bits per heavy atom. The average Bonchev–Trinajstić information content (AvgIpc) is 3.19. The van der Waals surface area contributed by atoms with Crippen molar-refractivity contribution in [2.24, 2.45) is 0 Å². The maximum atomic E-state index is 12.2. The van der Waals surface area contributed by atoms with Gasteiger partial charge in [-0.2, -0.15) is 0 Å². The van der Waals surface area contributed by atoms with Crippen molar-refractivity contribution in [3.8, 4) is 5.75 Å². The van der Waals surface area contributed by atoms with Crippen LogP contribution in [0.15, 0.2) is 29.6 Å². The van der Waals surface area contributed by atoms with E-state index in [2.05, 4.69) is 5.32 Å². The largest absolute Gasteiger partial charge is 0.487 e. The zero-order chi connectivity index (χ0) is 16.2. The zero-order valence-corrected chi connectivity index (χ0v) is 14.7. The van der Waals surface area contributed by atoms with E-state index in [1.165, 1.54) is 24.2 Å². The molecule has 1 aliphatic carbocycles. The van der Waals surface area contributed by atoms with E-state index >= 15 is 0 Å². The Bertz CT molecular complexity index is 692. The number of amides is 1. The molecule has 0 radical (unpaired) electrons. The quantitative estimate of drug-likeness (QED) is 0.828. The number of aryl methyl sites for hydroxylation is 1.